The molecule has 2 N–H and O–H groups in total. The second-order valence-corrected chi connectivity index (χ2v) is 5.67. The van der Waals surface area contributed by atoms with E-state index in [1.54, 1.807) is 6.07 Å². The van der Waals surface area contributed by atoms with Crippen LogP contribution in [0.3, 0.4) is 0 Å². The van der Waals surface area contributed by atoms with Crippen molar-refractivity contribution < 1.29 is 9.66 Å². The molecule has 2 unspecified atom stereocenters. The van der Waals surface area contributed by atoms with E-state index >= 15 is 0 Å². The normalized spacial score (nSPS) is 28.5. The zero-order valence-electron chi connectivity index (χ0n) is 11.5. The molecule has 6 nitrogen and oxygen atoms in total. The first-order chi connectivity index (χ1) is 9.58. The van der Waals surface area contributed by atoms with Gasteiger partial charge in [-0.05, 0) is 25.7 Å². The molecule has 6 heteroatoms. The van der Waals surface area contributed by atoms with Crippen LogP contribution in [0, 0.1) is 10.1 Å². The summed E-state index contributed by atoms with van der Waals surface area (Å²) in [5.41, 5.74) is 7.03. The molecule has 0 saturated carbocycles. The average Bonchev–Trinajstić information content (AvgIpc) is 2.70. The molecule has 2 aliphatic rings. The van der Waals surface area contributed by atoms with Crippen LogP contribution in [-0.2, 0) is 0 Å². The largest absolute Gasteiger partial charge is 0.496 e. The van der Waals surface area contributed by atoms with Crippen LogP contribution in [-0.4, -0.2) is 30.2 Å². The fourth-order valence-corrected chi connectivity index (χ4v) is 3.58. The van der Waals surface area contributed by atoms with Gasteiger partial charge < -0.3 is 15.4 Å². The molecule has 0 spiro atoms. The maximum atomic E-state index is 11.0. The highest BCUT2D eigenvalue weighted by Crippen LogP contribution is 2.41. The molecule has 2 aliphatic heterocycles. The second-order valence-electron chi connectivity index (χ2n) is 5.67. The molecule has 2 saturated heterocycles. The third-order valence-electron chi connectivity index (χ3n) is 4.39. The van der Waals surface area contributed by atoms with E-state index < -0.39 is 0 Å². The molecular weight excluding hydrogens is 258 g/mol. The molecule has 1 aromatic carbocycles. The molecule has 0 amide bonds. The van der Waals surface area contributed by atoms with Gasteiger partial charge in [0, 0.05) is 35.9 Å². The Morgan fingerprint density at radius 1 is 1.30 bits per heavy atom. The van der Waals surface area contributed by atoms with Crippen molar-refractivity contribution in [2.24, 2.45) is 5.73 Å². The fourth-order valence-electron chi connectivity index (χ4n) is 3.58. The van der Waals surface area contributed by atoms with Crippen LogP contribution in [0.1, 0.15) is 25.7 Å². The van der Waals surface area contributed by atoms with Gasteiger partial charge in [0.05, 0.1) is 18.1 Å². The molecule has 3 rings (SSSR count). The second kappa shape index (κ2) is 4.94. The number of methoxy groups -OCH3 is 1. The van der Waals surface area contributed by atoms with Crippen LogP contribution in [0.15, 0.2) is 18.2 Å². The van der Waals surface area contributed by atoms with Crippen molar-refractivity contribution in [1.29, 1.82) is 0 Å². The third-order valence-corrected chi connectivity index (χ3v) is 4.39. The van der Waals surface area contributed by atoms with Crippen LogP contribution < -0.4 is 15.4 Å². The summed E-state index contributed by atoms with van der Waals surface area (Å²) in [4.78, 5) is 13.0. The zero-order chi connectivity index (χ0) is 14.3. The number of anilines is 1. The van der Waals surface area contributed by atoms with Gasteiger partial charge in [0.15, 0.2) is 0 Å². The number of hydrogen-bond acceptors (Lipinski definition) is 5. The van der Waals surface area contributed by atoms with E-state index in [9.17, 15) is 10.1 Å². The first-order valence-corrected chi connectivity index (χ1v) is 6.96. The van der Waals surface area contributed by atoms with Gasteiger partial charge in [-0.1, -0.05) is 0 Å². The summed E-state index contributed by atoms with van der Waals surface area (Å²) >= 11 is 0. The number of fused-ring (bicyclic) bond motifs is 2. The number of piperidine rings is 1. The Morgan fingerprint density at radius 3 is 2.50 bits per heavy atom. The SMILES string of the molecule is COc1cc(N2C3CCC2CC(N)C3)cc([N+](=O)[O-])c1. The zero-order valence-corrected chi connectivity index (χ0v) is 11.5. The molecule has 0 aliphatic carbocycles. The summed E-state index contributed by atoms with van der Waals surface area (Å²) in [6.45, 7) is 0. The lowest BCUT2D eigenvalue weighted by atomic mass is 9.97. The highest BCUT2D eigenvalue weighted by molar-refractivity contribution is 5.60. The number of ether oxygens (including phenoxy) is 1. The van der Waals surface area contributed by atoms with Gasteiger partial charge in [0.25, 0.3) is 5.69 Å². The van der Waals surface area contributed by atoms with Crippen molar-refractivity contribution in [3.8, 4) is 5.75 Å². The summed E-state index contributed by atoms with van der Waals surface area (Å²) in [5, 5.41) is 11.0. The van der Waals surface area contributed by atoms with E-state index in [1.807, 2.05) is 6.07 Å². The van der Waals surface area contributed by atoms with Crippen molar-refractivity contribution in [2.45, 2.75) is 43.8 Å². The molecule has 2 atom stereocenters. The lowest BCUT2D eigenvalue weighted by molar-refractivity contribution is -0.384. The van der Waals surface area contributed by atoms with Gasteiger partial charge in [-0.2, -0.15) is 0 Å². The minimum atomic E-state index is -0.371. The Bertz CT molecular complexity index is 520. The number of hydrogen-bond donors (Lipinski definition) is 1. The molecule has 20 heavy (non-hydrogen) atoms. The lowest BCUT2D eigenvalue weighted by Gasteiger charge is -2.39. The standard InChI is InChI=1S/C14H19N3O3/c1-20-14-7-12(6-13(8-14)17(18)19)16-10-2-3-11(16)5-9(15)4-10/h6-11H,2-5,15H2,1H3. The van der Waals surface area contributed by atoms with Crippen LogP contribution in [0.4, 0.5) is 11.4 Å². The number of rotatable bonds is 3. The van der Waals surface area contributed by atoms with Crippen LogP contribution in [0.25, 0.3) is 0 Å². The molecular formula is C14H19N3O3. The average molecular weight is 277 g/mol. The molecule has 0 aromatic heterocycles. The van der Waals surface area contributed by atoms with E-state index in [2.05, 4.69) is 4.90 Å². The first-order valence-electron chi connectivity index (χ1n) is 6.96. The summed E-state index contributed by atoms with van der Waals surface area (Å²) in [7, 11) is 1.53. The van der Waals surface area contributed by atoms with Crippen molar-refractivity contribution in [2.75, 3.05) is 12.0 Å². The number of benzene rings is 1. The van der Waals surface area contributed by atoms with E-state index in [4.69, 9.17) is 10.5 Å². The van der Waals surface area contributed by atoms with Gasteiger partial charge in [-0.15, -0.1) is 0 Å². The third kappa shape index (κ3) is 2.20. The minimum absolute atomic E-state index is 0.0774. The maximum Gasteiger partial charge on any atom is 0.275 e. The van der Waals surface area contributed by atoms with Gasteiger partial charge in [0.1, 0.15) is 5.75 Å². The van der Waals surface area contributed by atoms with Crippen molar-refractivity contribution >= 4 is 11.4 Å². The Labute approximate surface area is 117 Å². The Balaban J connectivity index is 1.98. The molecule has 2 fully saturated rings. The molecule has 2 bridgehead atoms. The van der Waals surface area contributed by atoms with Crippen LogP contribution in [0.2, 0.25) is 0 Å². The minimum Gasteiger partial charge on any atom is -0.496 e. The Hall–Kier alpha value is -1.82. The van der Waals surface area contributed by atoms with Crippen molar-refractivity contribution in [3.05, 3.63) is 28.3 Å². The number of non-ortho nitro benzene ring substituents is 1. The Kier molecular flexibility index (Phi) is 3.25. The number of nitro groups is 1. The fraction of sp³-hybridized carbons (Fsp3) is 0.571. The van der Waals surface area contributed by atoms with Gasteiger partial charge in [-0.25, -0.2) is 0 Å². The molecule has 0 radical (unpaired) electrons. The first kappa shape index (κ1) is 13.2. The summed E-state index contributed by atoms with van der Waals surface area (Å²) in [5.74, 6) is 0.531. The Morgan fingerprint density at radius 2 is 1.95 bits per heavy atom. The van der Waals surface area contributed by atoms with Crippen molar-refractivity contribution in [1.82, 2.24) is 0 Å². The number of nitrogens with two attached hydrogens (primary N) is 1. The number of nitro benzene ring substituents is 1. The monoisotopic (exact) mass is 277 g/mol. The van der Waals surface area contributed by atoms with Crippen molar-refractivity contribution in [3.63, 3.8) is 0 Å². The predicted molar refractivity (Wildman–Crippen MR) is 76.1 cm³/mol. The molecule has 1 aromatic rings. The number of nitrogens with zero attached hydrogens (tertiary/aromatic N) is 2. The summed E-state index contributed by atoms with van der Waals surface area (Å²) in [6, 6.07) is 6.04. The molecule has 108 valence electrons. The van der Waals surface area contributed by atoms with Crippen LogP contribution in [0.5, 0.6) is 5.75 Å². The highest BCUT2D eigenvalue weighted by Gasteiger charge is 2.40. The topological polar surface area (TPSA) is 81.6 Å². The maximum absolute atomic E-state index is 11.0. The quantitative estimate of drug-likeness (QED) is 0.675. The van der Waals surface area contributed by atoms with Gasteiger partial charge in [-0.3, -0.25) is 10.1 Å². The van der Waals surface area contributed by atoms with E-state index in [1.165, 1.54) is 13.2 Å². The smallest absolute Gasteiger partial charge is 0.275 e. The van der Waals surface area contributed by atoms with Crippen LogP contribution >= 0.6 is 0 Å². The van der Waals surface area contributed by atoms with Gasteiger partial charge >= 0.3 is 0 Å². The van der Waals surface area contributed by atoms with Gasteiger partial charge in [0.2, 0.25) is 0 Å². The van der Waals surface area contributed by atoms with E-state index in [0.29, 0.717) is 17.8 Å². The van der Waals surface area contributed by atoms with E-state index in [0.717, 1.165) is 31.4 Å². The molecule has 2 heterocycles. The predicted octanol–water partition coefficient (Wildman–Crippen LogP) is 2.06. The lowest BCUT2D eigenvalue weighted by Crippen LogP contribution is -2.47. The van der Waals surface area contributed by atoms with E-state index in [-0.39, 0.29) is 16.7 Å². The highest BCUT2D eigenvalue weighted by atomic mass is 16.6. The summed E-state index contributed by atoms with van der Waals surface area (Å²) < 4.78 is 5.19. The summed E-state index contributed by atoms with van der Waals surface area (Å²) in [6.07, 6.45) is 4.15.